The first-order valence-corrected chi connectivity index (χ1v) is 15.6. The molecule has 0 aliphatic rings. The number of anilines is 1. The molecule has 4 aromatic rings. The third kappa shape index (κ3) is 8.51. The van der Waals surface area contributed by atoms with E-state index in [2.05, 4.69) is 5.32 Å². The Hall–Kier alpha value is -5.10. The summed E-state index contributed by atoms with van der Waals surface area (Å²) in [5.41, 5.74) is 1.05. The molecule has 0 saturated carbocycles. The average Bonchev–Trinajstić information content (AvgIpc) is 3.03. The third-order valence-electron chi connectivity index (χ3n) is 6.93. The molecule has 1 atom stereocenters. The van der Waals surface area contributed by atoms with Crippen LogP contribution in [0.4, 0.5) is 15.8 Å². The van der Waals surface area contributed by atoms with E-state index in [0.717, 1.165) is 22.0 Å². The van der Waals surface area contributed by atoms with Gasteiger partial charge < -0.3 is 10.2 Å². The molecule has 0 aliphatic heterocycles. The van der Waals surface area contributed by atoms with Crippen LogP contribution < -0.4 is 9.62 Å². The van der Waals surface area contributed by atoms with Gasteiger partial charge in [0, 0.05) is 31.1 Å². The predicted octanol–water partition coefficient (Wildman–Crippen LogP) is 5.09. The van der Waals surface area contributed by atoms with Crippen molar-refractivity contribution in [3.05, 3.63) is 136 Å². The van der Waals surface area contributed by atoms with Crippen LogP contribution in [0.1, 0.15) is 25.0 Å². The molecule has 0 radical (unpaired) electrons. The Balaban J connectivity index is 1.80. The Labute approximate surface area is 261 Å². The number of nitro benzene ring substituents is 1. The van der Waals surface area contributed by atoms with E-state index in [1.54, 1.807) is 19.9 Å². The van der Waals surface area contributed by atoms with E-state index in [0.29, 0.717) is 5.56 Å². The fraction of sp³-hybridized carbons (Fsp3) is 0.212. The summed E-state index contributed by atoms with van der Waals surface area (Å²) in [6.07, 6.45) is 0.120. The van der Waals surface area contributed by atoms with E-state index in [1.807, 2.05) is 30.3 Å². The minimum atomic E-state index is -4.35. The molecule has 0 saturated heterocycles. The normalized spacial score (nSPS) is 11.9. The van der Waals surface area contributed by atoms with Crippen molar-refractivity contribution in [3.63, 3.8) is 0 Å². The smallest absolute Gasteiger partial charge is 0.269 e. The molecule has 0 aliphatic carbocycles. The van der Waals surface area contributed by atoms with Gasteiger partial charge in [-0.3, -0.25) is 24.0 Å². The number of nitrogens with zero attached hydrogens (tertiary/aromatic N) is 3. The molecule has 1 N–H and O–H groups in total. The fourth-order valence-electron chi connectivity index (χ4n) is 4.71. The molecular formula is C33H33FN4O6S. The van der Waals surface area contributed by atoms with Crippen LogP contribution in [-0.2, 0) is 32.6 Å². The maximum absolute atomic E-state index is 14.3. The summed E-state index contributed by atoms with van der Waals surface area (Å²) in [5, 5.41) is 14.1. The summed E-state index contributed by atoms with van der Waals surface area (Å²) in [4.78, 5) is 39.8. The Bertz CT molecular complexity index is 1720. The molecule has 0 heterocycles. The number of sulfonamides is 1. The number of non-ortho nitro benzene ring substituents is 1. The van der Waals surface area contributed by atoms with Gasteiger partial charge in [0.15, 0.2) is 0 Å². The van der Waals surface area contributed by atoms with Crippen molar-refractivity contribution in [3.8, 4) is 0 Å². The number of nitro groups is 1. The number of benzene rings is 4. The van der Waals surface area contributed by atoms with Crippen LogP contribution in [0.3, 0.4) is 0 Å². The topological polar surface area (TPSA) is 130 Å². The Morgan fingerprint density at radius 1 is 0.844 bits per heavy atom. The van der Waals surface area contributed by atoms with Gasteiger partial charge >= 0.3 is 0 Å². The molecule has 10 nitrogen and oxygen atoms in total. The summed E-state index contributed by atoms with van der Waals surface area (Å²) < 4.78 is 42.5. The molecule has 45 heavy (non-hydrogen) atoms. The third-order valence-corrected chi connectivity index (χ3v) is 8.71. The Morgan fingerprint density at radius 3 is 1.98 bits per heavy atom. The molecule has 12 heteroatoms. The number of amides is 2. The van der Waals surface area contributed by atoms with Crippen molar-refractivity contribution in [2.45, 2.75) is 43.8 Å². The summed E-state index contributed by atoms with van der Waals surface area (Å²) in [6, 6.07) is 25.5. The Morgan fingerprint density at radius 2 is 1.42 bits per heavy atom. The van der Waals surface area contributed by atoms with Crippen LogP contribution in [0.5, 0.6) is 0 Å². The monoisotopic (exact) mass is 632 g/mol. The van der Waals surface area contributed by atoms with Crippen molar-refractivity contribution >= 4 is 33.2 Å². The van der Waals surface area contributed by atoms with Gasteiger partial charge in [0.1, 0.15) is 18.4 Å². The number of rotatable bonds is 13. The van der Waals surface area contributed by atoms with Crippen LogP contribution in [0.15, 0.2) is 114 Å². The lowest BCUT2D eigenvalue weighted by Gasteiger charge is -2.34. The molecule has 0 bridgehead atoms. The van der Waals surface area contributed by atoms with E-state index >= 15 is 0 Å². The van der Waals surface area contributed by atoms with Gasteiger partial charge in [-0.1, -0.05) is 60.7 Å². The molecule has 0 fully saturated rings. The standard InChI is InChI=1S/C33H33FN4O6S/c1-24(2)35-33(40)31(21-25-9-5-3-6-10-25)36(22-26-13-15-27(34)16-14-26)32(39)23-37(28-17-19-29(20-18-28)38(41)42)45(43,44)30-11-7-4-8-12-30/h3-20,24,31H,21-23H2,1-2H3,(H,35,40)/t31-/m0/s1. The van der Waals surface area contributed by atoms with E-state index in [1.165, 1.54) is 65.6 Å². The summed E-state index contributed by atoms with van der Waals surface area (Å²) in [5.74, 6) is -1.64. The first kappa shape index (κ1) is 32.8. The fourth-order valence-corrected chi connectivity index (χ4v) is 6.15. The number of hydrogen-bond donors (Lipinski definition) is 1. The highest BCUT2D eigenvalue weighted by Crippen LogP contribution is 2.27. The van der Waals surface area contributed by atoms with Crippen molar-refractivity contribution in [2.24, 2.45) is 0 Å². The first-order chi connectivity index (χ1) is 21.5. The quantitative estimate of drug-likeness (QED) is 0.161. The second-order valence-electron chi connectivity index (χ2n) is 10.6. The zero-order valence-corrected chi connectivity index (χ0v) is 25.6. The van der Waals surface area contributed by atoms with Crippen LogP contribution in [-0.4, -0.2) is 48.7 Å². The molecule has 2 amide bonds. The second-order valence-corrected chi connectivity index (χ2v) is 12.5. The average molecular weight is 633 g/mol. The minimum absolute atomic E-state index is 0.0192. The second kappa shape index (κ2) is 14.6. The predicted molar refractivity (Wildman–Crippen MR) is 168 cm³/mol. The van der Waals surface area contributed by atoms with Crippen molar-refractivity contribution in [1.82, 2.24) is 10.2 Å². The van der Waals surface area contributed by atoms with Crippen molar-refractivity contribution in [2.75, 3.05) is 10.8 Å². The van der Waals surface area contributed by atoms with Gasteiger partial charge in [-0.05, 0) is 61.4 Å². The maximum atomic E-state index is 14.3. The van der Waals surface area contributed by atoms with Gasteiger partial charge in [-0.2, -0.15) is 0 Å². The van der Waals surface area contributed by atoms with Gasteiger partial charge in [0.25, 0.3) is 15.7 Å². The number of nitrogens with one attached hydrogen (secondary N) is 1. The molecule has 4 aromatic carbocycles. The van der Waals surface area contributed by atoms with Crippen LogP contribution >= 0.6 is 0 Å². The van der Waals surface area contributed by atoms with E-state index in [-0.39, 0.29) is 35.3 Å². The zero-order chi connectivity index (χ0) is 32.6. The number of hydrogen-bond acceptors (Lipinski definition) is 6. The van der Waals surface area contributed by atoms with E-state index in [4.69, 9.17) is 0 Å². The van der Waals surface area contributed by atoms with Crippen molar-refractivity contribution < 1.29 is 27.3 Å². The summed E-state index contributed by atoms with van der Waals surface area (Å²) in [7, 11) is -4.35. The lowest BCUT2D eigenvalue weighted by Crippen LogP contribution is -2.54. The molecule has 0 spiro atoms. The largest absolute Gasteiger partial charge is 0.352 e. The van der Waals surface area contributed by atoms with Crippen LogP contribution in [0, 0.1) is 15.9 Å². The first-order valence-electron chi connectivity index (χ1n) is 14.2. The summed E-state index contributed by atoms with van der Waals surface area (Å²) >= 11 is 0. The lowest BCUT2D eigenvalue weighted by atomic mass is 10.0. The SMILES string of the molecule is CC(C)NC(=O)[C@H](Cc1ccccc1)N(Cc1ccc(F)cc1)C(=O)CN(c1ccc([N+](=O)[O-])cc1)S(=O)(=O)c1ccccc1. The van der Waals surface area contributed by atoms with E-state index in [9.17, 15) is 32.5 Å². The molecule has 234 valence electrons. The Kier molecular flexibility index (Phi) is 10.6. The van der Waals surface area contributed by atoms with Crippen LogP contribution in [0.25, 0.3) is 0 Å². The highest BCUT2D eigenvalue weighted by molar-refractivity contribution is 7.92. The zero-order valence-electron chi connectivity index (χ0n) is 24.7. The minimum Gasteiger partial charge on any atom is -0.352 e. The van der Waals surface area contributed by atoms with E-state index < -0.39 is 45.2 Å². The van der Waals surface area contributed by atoms with Gasteiger partial charge in [0.2, 0.25) is 11.8 Å². The number of halogens is 1. The highest BCUT2D eigenvalue weighted by atomic mass is 32.2. The highest BCUT2D eigenvalue weighted by Gasteiger charge is 2.35. The molecular weight excluding hydrogens is 599 g/mol. The summed E-state index contributed by atoms with van der Waals surface area (Å²) in [6.45, 7) is 2.72. The van der Waals surface area contributed by atoms with Gasteiger partial charge in [0.05, 0.1) is 15.5 Å². The lowest BCUT2D eigenvalue weighted by molar-refractivity contribution is -0.384. The molecule has 4 rings (SSSR count). The number of carbonyl (C=O) groups is 2. The molecule has 0 aromatic heterocycles. The van der Waals surface area contributed by atoms with Crippen LogP contribution in [0.2, 0.25) is 0 Å². The number of carbonyl (C=O) groups excluding carboxylic acids is 2. The molecule has 0 unspecified atom stereocenters. The van der Waals surface area contributed by atoms with Gasteiger partial charge in [-0.15, -0.1) is 0 Å². The maximum Gasteiger partial charge on any atom is 0.269 e. The van der Waals surface area contributed by atoms with Crippen molar-refractivity contribution in [1.29, 1.82) is 0 Å². The van der Waals surface area contributed by atoms with Gasteiger partial charge in [-0.25, -0.2) is 12.8 Å².